The zero-order chi connectivity index (χ0) is 13.5. The number of alkyl halides is 3. The van der Waals surface area contributed by atoms with Crippen LogP contribution in [-0.4, -0.2) is 9.78 Å². The minimum absolute atomic E-state index is 0.350. The van der Waals surface area contributed by atoms with Gasteiger partial charge in [-0.15, -0.1) is 0 Å². The molecule has 0 fully saturated rings. The summed E-state index contributed by atoms with van der Waals surface area (Å²) >= 11 is 0. The maximum Gasteiger partial charge on any atom is 0.435 e. The fourth-order valence-electron chi connectivity index (χ4n) is 1.75. The molecule has 0 saturated heterocycles. The Morgan fingerprint density at radius 3 is 2.44 bits per heavy atom. The van der Waals surface area contributed by atoms with Crippen LogP contribution >= 0.6 is 0 Å². The Kier molecular flexibility index (Phi) is 2.80. The third-order valence-corrected chi connectivity index (χ3v) is 2.65. The molecule has 1 aromatic carbocycles. The summed E-state index contributed by atoms with van der Waals surface area (Å²) in [5, 5.41) is 3.47. The maximum atomic E-state index is 12.6. The highest BCUT2D eigenvalue weighted by Crippen LogP contribution is 2.33. The molecule has 0 spiro atoms. The van der Waals surface area contributed by atoms with Crippen molar-refractivity contribution >= 4 is 5.69 Å². The van der Waals surface area contributed by atoms with Crippen LogP contribution in [0.15, 0.2) is 24.3 Å². The van der Waals surface area contributed by atoms with E-state index in [1.807, 2.05) is 6.92 Å². The molecule has 3 nitrogen and oxygen atoms in total. The molecule has 0 unspecified atom stereocenters. The van der Waals surface area contributed by atoms with Crippen LogP contribution in [-0.2, 0) is 13.2 Å². The van der Waals surface area contributed by atoms with Crippen LogP contribution in [0.1, 0.15) is 11.3 Å². The number of nitrogens with two attached hydrogens (primary N) is 1. The van der Waals surface area contributed by atoms with E-state index in [1.54, 1.807) is 18.2 Å². The summed E-state index contributed by atoms with van der Waals surface area (Å²) in [4.78, 5) is 0. The van der Waals surface area contributed by atoms with E-state index in [0.717, 1.165) is 11.6 Å². The average molecular weight is 255 g/mol. The number of aryl methyl sites for hydroxylation is 2. The van der Waals surface area contributed by atoms with Crippen LogP contribution in [0.25, 0.3) is 11.3 Å². The average Bonchev–Trinajstić information content (AvgIpc) is 2.64. The van der Waals surface area contributed by atoms with Crippen LogP contribution in [0, 0.1) is 6.92 Å². The van der Waals surface area contributed by atoms with Crippen LogP contribution in [0.4, 0.5) is 18.9 Å². The third kappa shape index (κ3) is 2.18. The second-order valence-corrected chi connectivity index (χ2v) is 4.13. The fourth-order valence-corrected chi connectivity index (χ4v) is 1.75. The van der Waals surface area contributed by atoms with Crippen LogP contribution in [0.5, 0.6) is 0 Å². The lowest BCUT2D eigenvalue weighted by Gasteiger charge is -2.06. The first-order valence-corrected chi connectivity index (χ1v) is 5.27. The van der Waals surface area contributed by atoms with Crippen LogP contribution in [0.3, 0.4) is 0 Å². The summed E-state index contributed by atoms with van der Waals surface area (Å²) in [5.41, 5.74) is 7.13. The molecule has 0 radical (unpaired) electrons. The molecule has 2 aromatic rings. The second kappa shape index (κ2) is 4.04. The number of anilines is 1. The molecular formula is C12H12F3N3. The highest BCUT2D eigenvalue weighted by Gasteiger charge is 2.34. The smallest absolute Gasteiger partial charge is 0.398 e. The number of rotatable bonds is 1. The van der Waals surface area contributed by atoms with Gasteiger partial charge in [0.2, 0.25) is 0 Å². The molecule has 0 amide bonds. The minimum atomic E-state index is -4.45. The Morgan fingerprint density at radius 1 is 1.22 bits per heavy atom. The molecule has 0 aliphatic carbocycles. The SMILES string of the molecule is Cc1ccc(N)c(-c2cc(C(F)(F)F)nn2C)c1. The van der Waals surface area contributed by atoms with Crippen molar-refractivity contribution in [2.75, 3.05) is 5.73 Å². The summed E-state index contributed by atoms with van der Waals surface area (Å²) in [5.74, 6) is 0. The van der Waals surface area contributed by atoms with E-state index in [4.69, 9.17) is 5.73 Å². The van der Waals surface area contributed by atoms with E-state index in [2.05, 4.69) is 5.10 Å². The van der Waals surface area contributed by atoms with E-state index in [-0.39, 0.29) is 0 Å². The normalized spacial score (nSPS) is 11.8. The molecule has 0 saturated carbocycles. The van der Waals surface area contributed by atoms with Crippen molar-refractivity contribution in [1.82, 2.24) is 9.78 Å². The molecule has 2 rings (SSSR count). The van der Waals surface area contributed by atoms with Gasteiger partial charge in [0.05, 0.1) is 5.69 Å². The van der Waals surface area contributed by atoms with Gasteiger partial charge in [-0.25, -0.2) is 0 Å². The molecule has 18 heavy (non-hydrogen) atoms. The predicted octanol–water partition coefficient (Wildman–Crippen LogP) is 3.00. The predicted molar refractivity (Wildman–Crippen MR) is 62.8 cm³/mol. The zero-order valence-electron chi connectivity index (χ0n) is 9.92. The molecule has 1 heterocycles. The number of aromatic nitrogens is 2. The monoisotopic (exact) mass is 255 g/mol. The van der Waals surface area contributed by atoms with Gasteiger partial charge in [-0.3, -0.25) is 4.68 Å². The first-order chi connectivity index (χ1) is 8.29. The molecule has 0 aliphatic rings. The molecule has 2 N–H and O–H groups in total. The Balaban J connectivity index is 2.58. The molecule has 0 atom stereocenters. The number of halogens is 3. The summed E-state index contributed by atoms with van der Waals surface area (Å²) in [6.45, 7) is 1.85. The number of hydrogen-bond donors (Lipinski definition) is 1. The van der Waals surface area contributed by atoms with E-state index in [9.17, 15) is 13.2 Å². The second-order valence-electron chi connectivity index (χ2n) is 4.13. The lowest BCUT2D eigenvalue weighted by molar-refractivity contribution is -0.141. The van der Waals surface area contributed by atoms with E-state index in [0.29, 0.717) is 16.9 Å². The summed E-state index contributed by atoms with van der Waals surface area (Å²) in [6.07, 6.45) is -4.45. The van der Waals surface area contributed by atoms with E-state index >= 15 is 0 Å². The van der Waals surface area contributed by atoms with Gasteiger partial charge in [-0.1, -0.05) is 11.6 Å². The Morgan fingerprint density at radius 2 is 1.89 bits per heavy atom. The third-order valence-electron chi connectivity index (χ3n) is 2.65. The quantitative estimate of drug-likeness (QED) is 0.796. The van der Waals surface area contributed by atoms with Crippen molar-refractivity contribution < 1.29 is 13.2 Å². The lowest BCUT2D eigenvalue weighted by atomic mass is 10.1. The van der Waals surface area contributed by atoms with Gasteiger partial charge in [-0.2, -0.15) is 18.3 Å². The highest BCUT2D eigenvalue weighted by molar-refractivity contribution is 5.74. The van der Waals surface area contributed by atoms with E-state index < -0.39 is 11.9 Å². The molecule has 6 heteroatoms. The van der Waals surface area contributed by atoms with Crippen molar-refractivity contribution in [2.45, 2.75) is 13.1 Å². The number of benzene rings is 1. The van der Waals surface area contributed by atoms with Gasteiger partial charge >= 0.3 is 6.18 Å². The maximum absolute atomic E-state index is 12.6. The van der Waals surface area contributed by atoms with Crippen LogP contribution in [0.2, 0.25) is 0 Å². The number of nitrogens with zero attached hydrogens (tertiary/aromatic N) is 2. The molecule has 0 aliphatic heterocycles. The summed E-state index contributed by atoms with van der Waals surface area (Å²) in [7, 11) is 1.46. The van der Waals surface area contributed by atoms with Gasteiger partial charge in [0.15, 0.2) is 5.69 Å². The van der Waals surface area contributed by atoms with Crippen molar-refractivity contribution in [1.29, 1.82) is 0 Å². The highest BCUT2D eigenvalue weighted by atomic mass is 19.4. The molecule has 0 bridgehead atoms. The molecule has 1 aromatic heterocycles. The largest absolute Gasteiger partial charge is 0.435 e. The first-order valence-electron chi connectivity index (χ1n) is 5.27. The molecule has 96 valence electrons. The Bertz CT molecular complexity index is 585. The zero-order valence-corrected chi connectivity index (χ0v) is 9.92. The Labute approximate surface area is 102 Å². The van der Waals surface area contributed by atoms with Crippen molar-refractivity contribution in [3.8, 4) is 11.3 Å². The van der Waals surface area contributed by atoms with Gasteiger partial charge in [0.25, 0.3) is 0 Å². The van der Waals surface area contributed by atoms with Crippen LogP contribution < -0.4 is 5.73 Å². The van der Waals surface area contributed by atoms with Gasteiger partial charge < -0.3 is 5.73 Å². The standard InChI is InChI=1S/C12H12F3N3/c1-7-3-4-9(16)8(5-7)10-6-11(12(13,14)15)17-18(10)2/h3-6H,16H2,1-2H3. The molecular weight excluding hydrogens is 243 g/mol. The topological polar surface area (TPSA) is 43.8 Å². The van der Waals surface area contributed by atoms with Crippen molar-refractivity contribution in [2.24, 2.45) is 7.05 Å². The summed E-state index contributed by atoms with van der Waals surface area (Å²) < 4.78 is 38.9. The fraction of sp³-hybridized carbons (Fsp3) is 0.250. The van der Waals surface area contributed by atoms with Crippen molar-refractivity contribution in [3.63, 3.8) is 0 Å². The van der Waals surface area contributed by atoms with E-state index in [1.165, 1.54) is 11.7 Å². The first kappa shape index (κ1) is 12.5. The number of hydrogen-bond acceptors (Lipinski definition) is 2. The lowest BCUT2D eigenvalue weighted by Crippen LogP contribution is -2.06. The van der Waals surface area contributed by atoms with Gasteiger partial charge in [-0.05, 0) is 25.1 Å². The number of nitrogen functional groups attached to an aromatic ring is 1. The van der Waals surface area contributed by atoms with Gasteiger partial charge in [0.1, 0.15) is 0 Å². The van der Waals surface area contributed by atoms with Crippen molar-refractivity contribution in [3.05, 3.63) is 35.5 Å². The summed E-state index contributed by atoms with van der Waals surface area (Å²) in [6, 6.07) is 6.22. The van der Waals surface area contributed by atoms with Gasteiger partial charge in [0, 0.05) is 18.3 Å². The minimum Gasteiger partial charge on any atom is -0.398 e. The Hall–Kier alpha value is -1.98.